The number of aryl methyl sites for hydroxylation is 1. The number of fused-ring (bicyclic) bond motifs is 9. The highest BCUT2D eigenvalue weighted by Gasteiger charge is 2.38. The van der Waals surface area contributed by atoms with Crippen molar-refractivity contribution in [2.45, 2.75) is 45.8 Å². The van der Waals surface area contributed by atoms with Crippen molar-refractivity contribution in [2.75, 3.05) is 4.90 Å². The van der Waals surface area contributed by atoms with Crippen LogP contribution in [0.4, 0.5) is 17.1 Å². The molecule has 0 saturated heterocycles. The minimum atomic E-state index is -1.48. The molecule has 60 heavy (non-hydrogen) atoms. The minimum Gasteiger partial charge on any atom is -0.310 e. The van der Waals surface area contributed by atoms with Gasteiger partial charge in [0.15, 0.2) is 0 Å². The first-order valence-corrected chi connectivity index (χ1v) is 24.8. The quantitative estimate of drug-likeness (QED) is 0.152. The van der Waals surface area contributed by atoms with Gasteiger partial charge in [0.25, 0.3) is 0 Å². The number of rotatable bonds is 6. The topological polar surface area (TPSA) is 8.17 Å². The first-order chi connectivity index (χ1) is 29.1. The Morgan fingerprint density at radius 1 is 0.483 bits per heavy atom. The van der Waals surface area contributed by atoms with Crippen molar-refractivity contribution in [3.63, 3.8) is 0 Å². The molecule has 0 atom stereocenters. The summed E-state index contributed by atoms with van der Waals surface area (Å²) in [5.74, 6) is 0. The Kier molecular flexibility index (Phi) is 8.14. The van der Waals surface area contributed by atoms with Crippen LogP contribution in [0.25, 0.3) is 71.3 Å². The van der Waals surface area contributed by atoms with Gasteiger partial charge in [0, 0.05) is 38.3 Å². The summed E-state index contributed by atoms with van der Waals surface area (Å²) < 4.78 is 2.53. The number of benzene rings is 9. The molecule has 3 heteroatoms. The third-order valence-electron chi connectivity index (χ3n) is 13.2. The lowest BCUT2D eigenvalue weighted by Gasteiger charge is -2.29. The van der Waals surface area contributed by atoms with Gasteiger partial charge in [-0.1, -0.05) is 166 Å². The van der Waals surface area contributed by atoms with Crippen molar-refractivity contribution in [3.8, 4) is 27.9 Å². The Labute approximate surface area is 354 Å². The Morgan fingerprint density at radius 3 is 1.90 bits per heavy atom. The summed E-state index contributed by atoms with van der Waals surface area (Å²) >= 11 is 0. The third-order valence-corrected chi connectivity index (χ3v) is 15.2. The second-order valence-electron chi connectivity index (χ2n) is 18.3. The van der Waals surface area contributed by atoms with E-state index in [1.807, 2.05) is 0 Å². The lowest BCUT2D eigenvalue weighted by atomic mass is 9.81. The van der Waals surface area contributed by atoms with Crippen LogP contribution in [-0.2, 0) is 5.41 Å². The van der Waals surface area contributed by atoms with Gasteiger partial charge in [0.2, 0.25) is 0 Å². The van der Waals surface area contributed by atoms with Crippen molar-refractivity contribution < 1.29 is 0 Å². The van der Waals surface area contributed by atoms with Crippen LogP contribution in [0.1, 0.15) is 30.5 Å². The summed E-state index contributed by atoms with van der Waals surface area (Å²) in [7, 11) is -1.48. The molecule has 11 rings (SSSR count). The van der Waals surface area contributed by atoms with Gasteiger partial charge in [-0.05, 0) is 112 Å². The van der Waals surface area contributed by atoms with Gasteiger partial charge in [-0.2, -0.15) is 0 Å². The van der Waals surface area contributed by atoms with Crippen molar-refractivity contribution in [3.05, 3.63) is 199 Å². The molecule has 0 spiro atoms. The van der Waals surface area contributed by atoms with Gasteiger partial charge >= 0.3 is 0 Å². The molecule has 0 fully saturated rings. The smallest absolute Gasteiger partial charge is 0.0775 e. The van der Waals surface area contributed by atoms with Crippen molar-refractivity contribution in [2.24, 2.45) is 0 Å². The Hall–Kier alpha value is -6.68. The van der Waals surface area contributed by atoms with Crippen LogP contribution >= 0.6 is 0 Å². The second-order valence-corrected chi connectivity index (χ2v) is 23.4. The molecule has 0 radical (unpaired) electrons. The van der Waals surface area contributed by atoms with Gasteiger partial charge in [0.1, 0.15) is 0 Å². The summed E-state index contributed by atoms with van der Waals surface area (Å²) in [6.45, 7) is 14.3. The predicted molar refractivity (Wildman–Crippen MR) is 261 cm³/mol. The van der Waals surface area contributed by atoms with Crippen molar-refractivity contribution >= 4 is 73.7 Å². The highest BCUT2D eigenvalue weighted by atomic mass is 28.3. The molecule has 0 amide bonds. The van der Waals surface area contributed by atoms with E-state index < -0.39 is 8.07 Å². The van der Waals surface area contributed by atoms with Crippen molar-refractivity contribution in [1.82, 2.24) is 4.57 Å². The number of hydrogen-bond donors (Lipinski definition) is 0. The molecular formula is C57H48N2Si. The van der Waals surface area contributed by atoms with Gasteiger partial charge < -0.3 is 9.47 Å². The molecule has 9 aromatic carbocycles. The molecule has 10 aromatic rings. The Morgan fingerprint density at radius 2 is 1.13 bits per heavy atom. The molecule has 1 aliphatic carbocycles. The van der Waals surface area contributed by atoms with Crippen LogP contribution in [0, 0.1) is 6.92 Å². The fourth-order valence-electron chi connectivity index (χ4n) is 10.0. The first kappa shape index (κ1) is 36.4. The number of hydrogen-bond acceptors (Lipinski definition) is 1. The van der Waals surface area contributed by atoms with E-state index in [0.717, 1.165) is 0 Å². The number of anilines is 3. The van der Waals surface area contributed by atoms with Gasteiger partial charge in [-0.15, -0.1) is 0 Å². The summed E-state index contributed by atoms with van der Waals surface area (Å²) in [6.07, 6.45) is 0. The van der Waals surface area contributed by atoms with Crippen LogP contribution in [0.15, 0.2) is 182 Å². The summed E-state index contributed by atoms with van der Waals surface area (Å²) in [4.78, 5) is 2.48. The molecule has 0 saturated carbocycles. The van der Waals surface area contributed by atoms with E-state index in [1.54, 1.807) is 0 Å². The molecule has 1 aromatic heterocycles. The van der Waals surface area contributed by atoms with E-state index in [4.69, 9.17) is 0 Å². The molecule has 0 bridgehead atoms. The molecule has 1 aliphatic rings. The molecule has 2 nitrogen and oxygen atoms in total. The molecule has 0 aliphatic heterocycles. The first-order valence-electron chi connectivity index (χ1n) is 21.3. The summed E-state index contributed by atoms with van der Waals surface area (Å²) in [6, 6.07) is 68.3. The average molecular weight is 789 g/mol. The lowest BCUT2D eigenvalue weighted by molar-refractivity contribution is 0.660. The Balaban J connectivity index is 1.12. The van der Waals surface area contributed by atoms with Crippen molar-refractivity contribution in [1.29, 1.82) is 0 Å². The maximum atomic E-state index is 2.53. The van der Waals surface area contributed by atoms with Crippen LogP contribution < -0.4 is 10.1 Å². The van der Waals surface area contributed by atoms with E-state index in [1.165, 1.54) is 110 Å². The van der Waals surface area contributed by atoms with E-state index in [2.05, 4.69) is 232 Å². The highest BCUT2D eigenvalue weighted by Crippen LogP contribution is 2.55. The predicted octanol–water partition coefficient (Wildman–Crippen LogP) is 15.4. The van der Waals surface area contributed by atoms with Gasteiger partial charge in [-0.25, -0.2) is 0 Å². The molecule has 0 N–H and O–H groups in total. The molecule has 0 unspecified atom stereocenters. The zero-order valence-corrected chi connectivity index (χ0v) is 36.2. The average Bonchev–Trinajstić information content (AvgIpc) is 3.70. The van der Waals surface area contributed by atoms with E-state index in [-0.39, 0.29) is 5.41 Å². The van der Waals surface area contributed by atoms with E-state index in [0.29, 0.717) is 0 Å². The van der Waals surface area contributed by atoms with Crippen LogP contribution in [0.3, 0.4) is 0 Å². The fraction of sp³-hybridized carbons (Fsp3) is 0.123. The standard InChI is InChI=1S/C57H48N2Si/c1-37-23-31-53-48(33-37)49-34-40(38-15-8-7-9-16-38)24-32-54(49)59(53)55-36-51-56(46-21-13-12-20-45(46)55)47-30-27-42(35-50(47)57(51,2)3)58(41-25-28-43(29-26-41)60(4,5)6)52-22-14-18-39-17-10-11-19-44(39)52/h7-36H,1-6H3. The fourth-order valence-corrected chi connectivity index (χ4v) is 11.2. The zero-order chi connectivity index (χ0) is 40.9. The van der Waals surface area contributed by atoms with E-state index in [9.17, 15) is 0 Å². The molecular weight excluding hydrogens is 741 g/mol. The second kappa shape index (κ2) is 13.4. The largest absolute Gasteiger partial charge is 0.310 e. The van der Waals surface area contributed by atoms with Crippen LogP contribution in [0.5, 0.6) is 0 Å². The maximum Gasteiger partial charge on any atom is 0.0775 e. The third kappa shape index (κ3) is 5.60. The molecule has 1 heterocycles. The Bertz CT molecular complexity index is 3320. The SMILES string of the molecule is Cc1ccc2c(c1)c1cc(-c3ccccc3)ccc1n2-c1cc2c(c3ccccc13)-c1ccc(N(c3ccc([Si](C)(C)C)cc3)c3cccc4ccccc34)cc1C2(C)C. The summed E-state index contributed by atoms with van der Waals surface area (Å²) in [5.41, 5.74) is 16.1. The highest BCUT2D eigenvalue weighted by molar-refractivity contribution is 6.88. The van der Waals surface area contributed by atoms with Gasteiger partial charge in [-0.3, -0.25) is 0 Å². The number of aromatic nitrogens is 1. The number of nitrogens with zero attached hydrogens (tertiary/aromatic N) is 2. The van der Waals surface area contributed by atoms with Gasteiger partial charge in [0.05, 0.1) is 30.5 Å². The monoisotopic (exact) mass is 788 g/mol. The van der Waals surface area contributed by atoms with E-state index >= 15 is 0 Å². The zero-order valence-electron chi connectivity index (χ0n) is 35.2. The molecule has 290 valence electrons. The van der Waals surface area contributed by atoms with Crippen LogP contribution in [-0.4, -0.2) is 12.6 Å². The summed E-state index contributed by atoms with van der Waals surface area (Å²) in [5, 5.41) is 9.06. The normalized spacial score (nSPS) is 13.3. The maximum absolute atomic E-state index is 2.53. The lowest BCUT2D eigenvalue weighted by Crippen LogP contribution is -2.37. The minimum absolute atomic E-state index is 0.262. The van der Waals surface area contributed by atoms with Crippen LogP contribution in [0.2, 0.25) is 19.6 Å².